The van der Waals surface area contributed by atoms with E-state index in [1.807, 2.05) is 4.90 Å². The SMILES string of the molecule is C[C@@H](NC(=O)N1CCN(c2ncccn2)CC1)C(=O)Nc1ccc(F)c(Cl)c1. The van der Waals surface area contributed by atoms with Crippen molar-refractivity contribution in [1.82, 2.24) is 20.2 Å². The normalized spacial score (nSPS) is 15.1. The van der Waals surface area contributed by atoms with Gasteiger partial charge < -0.3 is 20.4 Å². The highest BCUT2D eigenvalue weighted by molar-refractivity contribution is 6.31. The Hall–Kier alpha value is -2.94. The summed E-state index contributed by atoms with van der Waals surface area (Å²) < 4.78 is 13.2. The molecule has 1 aliphatic heterocycles. The van der Waals surface area contributed by atoms with E-state index in [-0.39, 0.29) is 11.1 Å². The number of rotatable bonds is 4. The molecule has 1 aromatic carbocycles. The van der Waals surface area contributed by atoms with E-state index < -0.39 is 17.8 Å². The molecular formula is C18H20ClFN6O2. The molecule has 0 bridgehead atoms. The van der Waals surface area contributed by atoms with Crippen molar-refractivity contribution in [2.75, 3.05) is 36.4 Å². The molecule has 1 fully saturated rings. The monoisotopic (exact) mass is 406 g/mol. The highest BCUT2D eigenvalue weighted by Crippen LogP contribution is 2.19. The van der Waals surface area contributed by atoms with Crippen molar-refractivity contribution in [3.63, 3.8) is 0 Å². The molecule has 0 radical (unpaired) electrons. The number of carbonyl (C=O) groups is 2. The first-order chi connectivity index (χ1) is 13.4. The molecule has 10 heteroatoms. The lowest BCUT2D eigenvalue weighted by Gasteiger charge is -2.35. The Morgan fingerprint density at radius 2 is 1.86 bits per heavy atom. The number of anilines is 2. The fourth-order valence-corrected chi connectivity index (χ4v) is 2.91. The van der Waals surface area contributed by atoms with Crippen LogP contribution in [0.2, 0.25) is 5.02 Å². The van der Waals surface area contributed by atoms with Gasteiger partial charge in [0.2, 0.25) is 11.9 Å². The van der Waals surface area contributed by atoms with Gasteiger partial charge in [-0.1, -0.05) is 11.6 Å². The molecule has 1 atom stereocenters. The molecule has 1 saturated heterocycles. The van der Waals surface area contributed by atoms with Gasteiger partial charge >= 0.3 is 6.03 Å². The molecule has 148 valence electrons. The van der Waals surface area contributed by atoms with Crippen molar-refractivity contribution in [2.24, 2.45) is 0 Å². The summed E-state index contributed by atoms with van der Waals surface area (Å²) in [5.41, 5.74) is 0.356. The Bertz CT molecular complexity index is 845. The second-order valence-corrected chi connectivity index (χ2v) is 6.72. The van der Waals surface area contributed by atoms with Crippen molar-refractivity contribution in [2.45, 2.75) is 13.0 Å². The zero-order valence-electron chi connectivity index (χ0n) is 15.2. The van der Waals surface area contributed by atoms with E-state index in [4.69, 9.17) is 11.6 Å². The summed E-state index contributed by atoms with van der Waals surface area (Å²) in [6.45, 7) is 3.77. The van der Waals surface area contributed by atoms with Crippen LogP contribution in [0.5, 0.6) is 0 Å². The third-order valence-electron chi connectivity index (χ3n) is 4.32. The van der Waals surface area contributed by atoms with Gasteiger partial charge in [0.1, 0.15) is 11.9 Å². The average Bonchev–Trinajstić information content (AvgIpc) is 2.71. The first-order valence-electron chi connectivity index (χ1n) is 8.77. The van der Waals surface area contributed by atoms with Gasteiger partial charge in [0, 0.05) is 44.3 Å². The maximum atomic E-state index is 13.2. The van der Waals surface area contributed by atoms with Crippen LogP contribution in [0.25, 0.3) is 0 Å². The largest absolute Gasteiger partial charge is 0.337 e. The van der Waals surface area contributed by atoms with Crippen molar-refractivity contribution in [3.8, 4) is 0 Å². The van der Waals surface area contributed by atoms with Gasteiger partial charge in [0.25, 0.3) is 0 Å². The van der Waals surface area contributed by atoms with Gasteiger partial charge in [-0.05, 0) is 31.2 Å². The fraction of sp³-hybridized carbons (Fsp3) is 0.333. The number of halogens is 2. The van der Waals surface area contributed by atoms with E-state index in [9.17, 15) is 14.0 Å². The number of urea groups is 1. The number of carbonyl (C=O) groups excluding carboxylic acids is 2. The lowest BCUT2D eigenvalue weighted by molar-refractivity contribution is -0.117. The average molecular weight is 407 g/mol. The summed E-state index contributed by atoms with van der Waals surface area (Å²) in [6.07, 6.45) is 3.35. The van der Waals surface area contributed by atoms with Gasteiger partial charge in [0.05, 0.1) is 5.02 Å². The van der Waals surface area contributed by atoms with Gasteiger partial charge in [-0.3, -0.25) is 4.79 Å². The smallest absolute Gasteiger partial charge is 0.318 e. The maximum Gasteiger partial charge on any atom is 0.318 e. The van der Waals surface area contributed by atoms with Crippen molar-refractivity contribution < 1.29 is 14.0 Å². The highest BCUT2D eigenvalue weighted by atomic mass is 35.5. The van der Waals surface area contributed by atoms with Crippen molar-refractivity contribution >= 4 is 35.2 Å². The standard InChI is InChI=1S/C18H20ClFN6O2/c1-12(16(27)24-13-3-4-15(20)14(19)11-13)23-18(28)26-9-7-25(8-10-26)17-21-5-2-6-22-17/h2-6,11-12H,7-10H2,1H3,(H,23,28)(H,24,27)/t12-/m1/s1. The third-order valence-corrected chi connectivity index (χ3v) is 4.61. The van der Waals surface area contributed by atoms with E-state index in [0.29, 0.717) is 37.8 Å². The van der Waals surface area contributed by atoms with Crippen LogP contribution in [-0.4, -0.2) is 59.0 Å². The minimum atomic E-state index is -0.771. The zero-order valence-corrected chi connectivity index (χ0v) is 16.0. The number of benzene rings is 1. The molecule has 2 N–H and O–H groups in total. The third kappa shape index (κ3) is 4.86. The van der Waals surface area contributed by atoms with Gasteiger partial charge in [0.15, 0.2) is 0 Å². The molecule has 2 aromatic rings. The summed E-state index contributed by atoms with van der Waals surface area (Å²) in [5.74, 6) is -0.360. The molecule has 0 saturated carbocycles. The fourth-order valence-electron chi connectivity index (χ4n) is 2.73. The molecule has 3 rings (SSSR count). The van der Waals surface area contributed by atoms with Gasteiger partial charge in [-0.2, -0.15) is 0 Å². The number of hydrogen-bond acceptors (Lipinski definition) is 5. The molecular weight excluding hydrogens is 387 g/mol. The van der Waals surface area contributed by atoms with Gasteiger partial charge in [-0.25, -0.2) is 19.2 Å². The summed E-state index contributed by atoms with van der Waals surface area (Å²) in [6, 6.07) is 4.53. The number of aromatic nitrogens is 2. The Morgan fingerprint density at radius 3 is 2.50 bits per heavy atom. The maximum absolute atomic E-state index is 13.2. The molecule has 28 heavy (non-hydrogen) atoms. The Labute approximate surface area is 166 Å². The quantitative estimate of drug-likeness (QED) is 0.811. The second-order valence-electron chi connectivity index (χ2n) is 6.31. The Balaban J connectivity index is 1.48. The summed E-state index contributed by atoms with van der Waals surface area (Å²) >= 11 is 5.70. The molecule has 1 aromatic heterocycles. The van der Waals surface area contributed by atoms with Crippen molar-refractivity contribution in [1.29, 1.82) is 0 Å². The molecule has 3 amide bonds. The van der Waals surface area contributed by atoms with Gasteiger partial charge in [-0.15, -0.1) is 0 Å². The summed E-state index contributed by atoms with van der Waals surface area (Å²) in [4.78, 5) is 36.7. The second kappa shape index (κ2) is 8.83. The minimum Gasteiger partial charge on any atom is -0.337 e. The Morgan fingerprint density at radius 1 is 1.18 bits per heavy atom. The van der Waals surface area contributed by atoms with Crippen LogP contribution < -0.4 is 15.5 Å². The van der Waals surface area contributed by atoms with E-state index in [2.05, 4.69) is 20.6 Å². The number of amides is 3. The summed E-state index contributed by atoms with van der Waals surface area (Å²) in [5, 5.41) is 5.18. The van der Waals surface area contributed by atoms with Crippen LogP contribution in [-0.2, 0) is 4.79 Å². The lowest BCUT2D eigenvalue weighted by Crippen LogP contribution is -2.55. The van der Waals surface area contributed by atoms with Crippen LogP contribution in [0.4, 0.5) is 20.8 Å². The number of hydrogen-bond donors (Lipinski definition) is 2. The number of nitrogens with zero attached hydrogens (tertiary/aromatic N) is 4. The highest BCUT2D eigenvalue weighted by Gasteiger charge is 2.25. The van der Waals surface area contributed by atoms with Crippen LogP contribution in [0.1, 0.15) is 6.92 Å². The lowest BCUT2D eigenvalue weighted by atomic mass is 10.2. The Kier molecular flexibility index (Phi) is 6.25. The van der Waals surface area contributed by atoms with Crippen LogP contribution in [0.15, 0.2) is 36.7 Å². The predicted octanol–water partition coefficient (Wildman–Crippen LogP) is 2.13. The first kappa shape index (κ1) is 19.8. The molecule has 1 aliphatic rings. The number of piperazine rings is 1. The van der Waals surface area contributed by atoms with Crippen molar-refractivity contribution in [3.05, 3.63) is 47.5 Å². The van der Waals surface area contributed by atoms with E-state index >= 15 is 0 Å². The first-order valence-corrected chi connectivity index (χ1v) is 9.15. The van der Waals surface area contributed by atoms with Crippen LogP contribution >= 0.6 is 11.6 Å². The topological polar surface area (TPSA) is 90.5 Å². The molecule has 8 nitrogen and oxygen atoms in total. The van der Waals surface area contributed by atoms with E-state index in [1.54, 1.807) is 30.3 Å². The van der Waals surface area contributed by atoms with Crippen LogP contribution in [0, 0.1) is 5.82 Å². The summed E-state index contributed by atoms with van der Waals surface area (Å²) in [7, 11) is 0. The molecule has 0 unspecified atom stereocenters. The van der Waals surface area contributed by atoms with E-state index in [1.165, 1.54) is 12.1 Å². The molecule has 0 spiro atoms. The molecule has 0 aliphatic carbocycles. The zero-order chi connectivity index (χ0) is 20.1. The number of nitrogens with one attached hydrogen (secondary N) is 2. The molecule has 2 heterocycles. The van der Waals surface area contributed by atoms with E-state index in [0.717, 1.165) is 6.07 Å². The minimum absolute atomic E-state index is 0.0882. The predicted molar refractivity (Wildman–Crippen MR) is 104 cm³/mol. The van der Waals surface area contributed by atoms with Crippen LogP contribution in [0.3, 0.4) is 0 Å².